The molecule has 3 rings (SSSR count). The van der Waals surface area contributed by atoms with Crippen molar-refractivity contribution in [3.8, 4) is 11.5 Å². The van der Waals surface area contributed by atoms with E-state index in [0.29, 0.717) is 37.1 Å². The van der Waals surface area contributed by atoms with Crippen LogP contribution in [0.15, 0.2) is 60.7 Å². The van der Waals surface area contributed by atoms with Gasteiger partial charge in [0.05, 0.1) is 12.1 Å². The fourth-order valence-electron chi connectivity index (χ4n) is 3.58. The average molecular weight is 479 g/mol. The monoisotopic (exact) mass is 479 g/mol. The van der Waals surface area contributed by atoms with E-state index < -0.39 is 18.2 Å². The first-order valence-electron chi connectivity index (χ1n) is 11.0. The summed E-state index contributed by atoms with van der Waals surface area (Å²) >= 11 is 0. The summed E-state index contributed by atoms with van der Waals surface area (Å²) < 4.78 is 68.4. The summed E-state index contributed by atoms with van der Waals surface area (Å²) in [5, 5.41) is 4.20. The zero-order valence-electron chi connectivity index (χ0n) is 18.7. The third-order valence-corrected chi connectivity index (χ3v) is 5.55. The van der Waals surface area contributed by atoms with Crippen molar-refractivity contribution in [3.63, 3.8) is 0 Å². The number of carbonyl (C=O) groups is 1. The van der Waals surface area contributed by atoms with Gasteiger partial charge in [-0.3, -0.25) is 4.79 Å². The minimum atomic E-state index is -4.41. The molecule has 0 aromatic heterocycles. The summed E-state index contributed by atoms with van der Waals surface area (Å²) in [6.07, 6.45) is -5.06. The van der Waals surface area contributed by atoms with E-state index in [0.717, 1.165) is 22.9 Å². The molecule has 34 heavy (non-hydrogen) atoms. The number of hydrogen-bond donors (Lipinski definition) is 1. The highest BCUT2D eigenvalue weighted by Crippen LogP contribution is 2.34. The van der Waals surface area contributed by atoms with Crippen LogP contribution in [0, 0.1) is 5.92 Å². The zero-order valence-corrected chi connectivity index (χ0v) is 18.7. The van der Waals surface area contributed by atoms with Gasteiger partial charge in [0.15, 0.2) is 5.78 Å². The Morgan fingerprint density at radius 1 is 1.00 bits per heavy atom. The van der Waals surface area contributed by atoms with Crippen molar-refractivity contribution in [3.05, 3.63) is 71.8 Å². The van der Waals surface area contributed by atoms with Gasteiger partial charge >= 0.3 is 6.18 Å². The molecule has 0 amide bonds. The molecule has 0 heterocycles. The van der Waals surface area contributed by atoms with Gasteiger partial charge in [-0.25, -0.2) is 8.78 Å². The maximum absolute atomic E-state index is 12.8. The van der Waals surface area contributed by atoms with Gasteiger partial charge in [-0.05, 0) is 73.2 Å². The third kappa shape index (κ3) is 7.25. The smallest absolute Gasteiger partial charge is 0.416 e. The molecule has 0 aliphatic heterocycles. The number of nitrogens with one attached hydrogen (secondary N) is 1. The van der Waals surface area contributed by atoms with E-state index in [4.69, 9.17) is 4.74 Å². The summed E-state index contributed by atoms with van der Waals surface area (Å²) in [5.74, 6) is 0.959. The number of ketones is 1. The van der Waals surface area contributed by atoms with Crippen molar-refractivity contribution in [2.75, 3.05) is 13.1 Å². The molecule has 0 spiro atoms. The van der Waals surface area contributed by atoms with Gasteiger partial charge < -0.3 is 10.1 Å². The number of halogens is 5. The van der Waals surface area contributed by atoms with E-state index in [1.165, 1.54) is 12.1 Å². The normalized spacial score (nSPS) is 12.8. The Kier molecular flexibility index (Phi) is 8.61. The Morgan fingerprint density at radius 2 is 1.74 bits per heavy atom. The fourth-order valence-corrected chi connectivity index (χ4v) is 3.58. The van der Waals surface area contributed by atoms with Crippen molar-refractivity contribution in [1.29, 1.82) is 0 Å². The molecule has 0 radical (unpaired) electrons. The van der Waals surface area contributed by atoms with Crippen LogP contribution in [0.1, 0.15) is 42.1 Å². The van der Waals surface area contributed by atoms with Gasteiger partial charge in [-0.1, -0.05) is 25.1 Å². The number of alkyl halides is 5. The van der Waals surface area contributed by atoms with Gasteiger partial charge in [0.25, 0.3) is 6.43 Å². The maximum atomic E-state index is 12.8. The number of benzene rings is 3. The lowest BCUT2D eigenvalue weighted by Crippen LogP contribution is -2.23. The quantitative estimate of drug-likeness (QED) is 0.176. The van der Waals surface area contributed by atoms with Crippen LogP contribution in [0.4, 0.5) is 22.0 Å². The molecule has 0 bridgehead atoms. The molecule has 3 aromatic rings. The van der Waals surface area contributed by atoms with Crippen LogP contribution in [0.2, 0.25) is 0 Å². The third-order valence-electron chi connectivity index (χ3n) is 5.55. The SMILES string of the molecule is C[C@H](CCNCC(F)F)CCC(=O)c1ccc2c(Oc3ccc(C(F)(F)F)cc3)cccc2c1. The molecule has 182 valence electrons. The summed E-state index contributed by atoms with van der Waals surface area (Å²) in [4.78, 5) is 12.7. The Labute approximate surface area is 194 Å². The molecule has 3 nitrogen and oxygen atoms in total. The Bertz CT molecular complexity index is 1100. The lowest BCUT2D eigenvalue weighted by molar-refractivity contribution is -0.137. The number of fused-ring (bicyclic) bond motifs is 1. The zero-order chi connectivity index (χ0) is 24.7. The van der Waals surface area contributed by atoms with Gasteiger partial charge in [-0.2, -0.15) is 13.2 Å². The van der Waals surface area contributed by atoms with Crippen LogP contribution in [0.25, 0.3) is 10.8 Å². The number of rotatable bonds is 11. The van der Waals surface area contributed by atoms with Gasteiger partial charge in [-0.15, -0.1) is 0 Å². The van der Waals surface area contributed by atoms with E-state index >= 15 is 0 Å². The van der Waals surface area contributed by atoms with Crippen LogP contribution in [-0.2, 0) is 6.18 Å². The number of ether oxygens (including phenoxy) is 1. The van der Waals surface area contributed by atoms with Crippen LogP contribution in [-0.4, -0.2) is 25.3 Å². The van der Waals surface area contributed by atoms with Crippen LogP contribution < -0.4 is 10.1 Å². The Morgan fingerprint density at radius 3 is 2.41 bits per heavy atom. The van der Waals surface area contributed by atoms with Crippen LogP contribution in [0.5, 0.6) is 11.5 Å². The number of Topliss-reactive ketones (excluding diaryl/α,β-unsaturated/α-hetero) is 1. The van der Waals surface area contributed by atoms with Gasteiger partial charge in [0.2, 0.25) is 0 Å². The van der Waals surface area contributed by atoms with Gasteiger partial charge in [0.1, 0.15) is 11.5 Å². The first-order chi connectivity index (χ1) is 16.1. The van der Waals surface area contributed by atoms with Crippen LogP contribution >= 0.6 is 0 Å². The maximum Gasteiger partial charge on any atom is 0.416 e. The lowest BCUT2D eigenvalue weighted by Gasteiger charge is -2.13. The topological polar surface area (TPSA) is 38.3 Å². The minimum absolute atomic E-state index is 0.0108. The number of hydrogen-bond acceptors (Lipinski definition) is 3. The summed E-state index contributed by atoms with van der Waals surface area (Å²) in [6.45, 7) is 2.15. The first kappa shape index (κ1) is 25.6. The first-order valence-corrected chi connectivity index (χ1v) is 11.0. The standard InChI is InChI=1S/C26H26F5NO2/c1-17(13-14-32-16-25(27)28)5-12-23(33)19-6-11-22-18(15-19)3-2-4-24(22)34-21-9-7-20(8-10-21)26(29,30)31/h2-4,6-11,15,17,25,32H,5,12-14,16H2,1H3/t17-/m0/s1. The molecule has 0 unspecified atom stereocenters. The minimum Gasteiger partial charge on any atom is -0.457 e. The molecule has 1 N–H and O–H groups in total. The lowest BCUT2D eigenvalue weighted by atomic mass is 9.96. The van der Waals surface area contributed by atoms with E-state index in [-0.39, 0.29) is 24.0 Å². The summed E-state index contributed by atoms with van der Waals surface area (Å²) in [5.41, 5.74) is -0.193. The largest absolute Gasteiger partial charge is 0.457 e. The van der Waals surface area contributed by atoms with Crippen molar-refractivity contribution in [2.45, 2.75) is 38.8 Å². The molecule has 1 atom stereocenters. The fraction of sp³-hybridized carbons (Fsp3) is 0.346. The van der Waals surface area contributed by atoms with Crippen molar-refractivity contribution in [1.82, 2.24) is 5.32 Å². The molecule has 0 saturated heterocycles. The van der Waals surface area contributed by atoms with Crippen molar-refractivity contribution < 1.29 is 31.5 Å². The Hall–Kier alpha value is -3.00. The second kappa shape index (κ2) is 11.4. The second-order valence-electron chi connectivity index (χ2n) is 8.27. The van der Waals surface area contributed by atoms with E-state index in [9.17, 15) is 26.7 Å². The molecule has 3 aromatic carbocycles. The van der Waals surface area contributed by atoms with Gasteiger partial charge in [0, 0.05) is 17.4 Å². The van der Waals surface area contributed by atoms with E-state index in [1.54, 1.807) is 30.3 Å². The van der Waals surface area contributed by atoms with Crippen molar-refractivity contribution >= 4 is 16.6 Å². The predicted molar refractivity (Wildman–Crippen MR) is 122 cm³/mol. The van der Waals surface area contributed by atoms with Crippen LogP contribution in [0.3, 0.4) is 0 Å². The molecular formula is C26H26F5NO2. The molecule has 0 aliphatic rings. The number of carbonyl (C=O) groups excluding carboxylic acids is 1. The summed E-state index contributed by atoms with van der Waals surface area (Å²) in [6, 6.07) is 15.0. The average Bonchev–Trinajstić information content (AvgIpc) is 2.80. The molecule has 0 aliphatic carbocycles. The Balaban J connectivity index is 1.62. The molecule has 0 fully saturated rings. The van der Waals surface area contributed by atoms with E-state index in [2.05, 4.69) is 5.32 Å². The predicted octanol–water partition coefficient (Wildman–Crippen LogP) is 7.49. The van der Waals surface area contributed by atoms with E-state index in [1.807, 2.05) is 13.0 Å². The molecule has 8 heteroatoms. The highest BCUT2D eigenvalue weighted by atomic mass is 19.4. The highest BCUT2D eigenvalue weighted by molar-refractivity contribution is 6.01. The van der Waals surface area contributed by atoms with Crippen molar-refractivity contribution in [2.24, 2.45) is 5.92 Å². The summed E-state index contributed by atoms with van der Waals surface area (Å²) in [7, 11) is 0. The molecular weight excluding hydrogens is 453 g/mol. The second-order valence-corrected chi connectivity index (χ2v) is 8.27. The highest BCUT2D eigenvalue weighted by Gasteiger charge is 2.30. The molecule has 0 saturated carbocycles.